The Morgan fingerprint density at radius 3 is 2.14 bits per heavy atom. The number of hydrogen-bond acceptors (Lipinski definition) is 5. The highest BCUT2D eigenvalue weighted by Crippen LogP contribution is 2.59. The van der Waals surface area contributed by atoms with Crippen molar-refractivity contribution in [3.8, 4) is 11.5 Å². The molecular weight excluding hydrogens is 520 g/mol. The predicted octanol–water partition coefficient (Wildman–Crippen LogP) is 9.72. The number of carbonyl (C=O) groups excluding carboxylic acids is 1. The monoisotopic (exact) mass is 560 g/mol. The number of unbranched alkanes of at least 4 members (excludes halogenated alkanes) is 2. The molecule has 0 atom stereocenters. The fourth-order valence-electron chi connectivity index (χ4n) is 6.44. The summed E-state index contributed by atoms with van der Waals surface area (Å²) in [5.41, 5.74) is 5.76. The highest BCUT2D eigenvalue weighted by atomic mass is 16.6. The van der Waals surface area contributed by atoms with Gasteiger partial charge in [-0.25, -0.2) is 4.79 Å². The third-order valence-corrected chi connectivity index (χ3v) is 8.70. The smallest absolute Gasteiger partial charge is 0.342 e. The second-order valence-electron chi connectivity index (χ2n) is 12.3. The molecule has 0 aromatic heterocycles. The second-order valence-corrected chi connectivity index (χ2v) is 12.3. The number of nitrogens with one attached hydrogen (secondary N) is 2. The summed E-state index contributed by atoms with van der Waals surface area (Å²) >= 11 is 0. The van der Waals surface area contributed by atoms with Crippen LogP contribution in [0.2, 0.25) is 0 Å². The standard InChI is InChI=1S/C37H40N2O3/c1-5-6-14-21-36(3,4)22-23-38-29-24-25(2)34(39-26-15-8-7-9-16-26)33-32(29)35(40)42-37(33)27-17-10-12-19-30(27)41-31-20-13-11-18-28(31)37/h7-13,15-20,24,38-39H,5-6,14,21-23H2,1-4H3. The number of benzene rings is 4. The minimum atomic E-state index is -1.16. The highest BCUT2D eigenvalue weighted by Gasteiger charge is 2.56. The number of hydrogen-bond donors (Lipinski definition) is 2. The Kier molecular flexibility index (Phi) is 7.44. The van der Waals surface area contributed by atoms with Crippen molar-refractivity contribution in [1.29, 1.82) is 0 Å². The summed E-state index contributed by atoms with van der Waals surface area (Å²) in [6.45, 7) is 9.79. The summed E-state index contributed by atoms with van der Waals surface area (Å²) in [6.07, 6.45) is 5.93. The van der Waals surface area contributed by atoms with Gasteiger partial charge in [0.25, 0.3) is 0 Å². The van der Waals surface area contributed by atoms with Crippen LogP contribution in [0.15, 0.2) is 84.9 Å². The van der Waals surface area contributed by atoms with Crippen molar-refractivity contribution in [3.05, 3.63) is 113 Å². The Morgan fingerprint density at radius 1 is 0.833 bits per heavy atom. The van der Waals surface area contributed by atoms with Crippen LogP contribution in [0.25, 0.3) is 0 Å². The van der Waals surface area contributed by atoms with E-state index in [-0.39, 0.29) is 11.4 Å². The van der Waals surface area contributed by atoms with E-state index in [0.29, 0.717) is 17.1 Å². The van der Waals surface area contributed by atoms with Crippen LogP contribution < -0.4 is 15.4 Å². The quantitative estimate of drug-likeness (QED) is 0.149. The summed E-state index contributed by atoms with van der Waals surface area (Å²) < 4.78 is 12.9. The first-order valence-electron chi connectivity index (χ1n) is 15.2. The topological polar surface area (TPSA) is 59.6 Å². The zero-order chi connectivity index (χ0) is 29.3. The molecule has 0 bridgehead atoms. The van der Waals surface area contributed by atoms with Crippen LogP contribution in [0, 0.1) is 12.3 Å². The summed E-state index contributed by atoms with van der Waals surface area (Å²) in [5, 5.41) is 7.33. The number of para-hydroxylation sites is 3. The molecule has 0 aliphatic carbocycles. The third-order valence-electron chi connectivity index (χ3n) is 8.70. The first kappa shape index (κ1) is 27.9. The Balaban J connectivity index is 1.50. The molecule has 216 valence electrons. The molecule has 1 spiro atoms. The molecule has 2 aliphatic rings. The number of fused-ring (bicyclic) bond motifs is 6. The highest BCUT2D eigenvalue weighted by molar-refractivity contribution is 6.05. The second kappa shape index (κ2) is 11.2. The van der Waals surface area contributed by atoms with Crippen LogP contribution >= 0.6 is 0 Å². The molecule has 5 nitrogen and oxygen atoms in total. The molecule has 0 fully saturated rings. The molecule has 42 heavy (non-hydrogen) atoms. The van der Waals surface area contributed by atoms with Gasteiger partial charge in [-0.1, -0.05) is 94.6 Å². The molecule has 5 heteroatoms. The zero-order valence-corrected chi connectivity index (χ0v) is 25.1. The molecule has 0 amide bonds. The van der Waals surface area contributed by atoms with Gasteiger partial charge in [-0.3, -0.25) is 0 Å². The molecule has 4 aromatic carbocycles. The van der Waals surface area contributed by atoms with Crippen molar-refractivity contribution in [2.45, 2.75) is 65.4 Å². The zero-order valence-electron chi connectivity index (χ0n) is 25.1. The van der Waals surface area contributed by atoms with Crippen LogP contribution in [0.5, 0.6) is 11.5 Å². The van der Waals surface area contributed by atoms with E-state index < -0.39 is 5.60 Å². The largest absolute Gasteiger partial charge is 0.456 e. The summed E-state index contributed by atoms with van der Waals surface area (Å²) in [7, 11) is 0. The Bertz CT molecular complexity index is 1560. The summed E-state index contributed by atoms with van der Waals surface area (Å²) in [4.78, 5) is 14.1. The van der Waals surface area contributed by atoms with Gasteiger partial charge in [-0.2, -0.15) is 0 Å². The lowest BCUT2D eigenvalue weighted by molar-refractivity contribution is 0.0226. The van der Waals surface area contributed by atoms with Crippen molar-refractivity contribution in [2.75, 3.05) is 17.2 Å². The average molecular weight is 561 g/mol. The minimum absolute atomic E-state index is 0.218. The van der Waals surface area contributed by atoms with Gasteiger partial charge in [0, 0.05) is 34.6 Å². The van der Waals surface area contributed by atoms with Crippen LogP contribution in [0.3, 0.4) is 0 Å². The number of esters is 1. The predicted molar refractivity (Wildman–Crippen MR) is 170 cm³/mol. The minimum Gasteiger partial charge on any atom is -0.456 e. The SMILES string of the molecule is CCCCCC(C)(C)CCNc1cc(C)c(Nc2ccccc2)c2c1C(=O)OC21c2ccccc2Oc2ccccc21. The van der Waals surface area contributed by atoms with E-state index in [2.05, 4.69) is 44.4 Å². The van der Waals surface area contributed by atoms with Gasteiger partial charge in [-0.05, 0) is 61.1 Å². The molecule has 6 rings (SSSR count). The third kappa shape index (κ3) is 4.91. The molecule has 0 saturated carbocycles. The first-order chi connectivity index (χ1) is 20.3. The lowest BCUT2D eigenvalue weighted by Crippen LogP contribution is -2.33. The maximum absolute atomic E-state index is 14.1. The lowest BCUT2D eigenvalue weighted by Gasteiger charge is -2.37. The van der Waals surface area contributed by atoms with E-state index in [4.69, 9.17) is 9.47 Å². The van der Waals surface area contributed by atoms with E-state index in [0.717, 1.165) is 52.3 Å². The van der Waals surface area contributed by atoms with Gasteiger partial charge in [0.15, 0.2) is 5.60 Å². The molecule has 2 N–H and O–H groups in total. The fraction of sp³-hybridized carbons (Fsp3) is 0.324. The lowest BCUT2D eigenvalue weighted by atomic mass is 9.76. The molecule has 0 saturated heterocycles. The van der Waals surface area contributed by atoms with E-state index in [1.54, 1.807) is 0 Å². The van der Waals surface area contributed by atoms with Crippen molar-refractivity contribution in [2.24, 2.45) is 5.41 Å². The summed E-state index contributed by atoms with van der Waals surface area (Å²) in [5.74, 6) is 1.04. The maximum Gasteiger partial charge on any atom is 0.342 e. The van der Waals surface area contributed by atoms with Gasteiger partial charge < -0.3 is 20.1 Å². The Hall–Kier alpha value is -4.25. The Labute approximate surface area is 249 Å². The van der Waals surface area contributed by atoms with E-state index in [1.807, 2.05) is 78.9 Å². The average Bonchev–Trinajstić information content (AvgIpc) is 3.29. The molecular formula is C37H40N2O3. The van der Waals surface area contributed by atoms with Gasteiger partial charge in [0.1, 0.15) is 11.5 Å². The van der Waals surface area contributed by atoms with Crippen molar-refractivity contribution in [1.82, 2.24) is 0 Å². The normalized spacial score (nSPS) is 14.4. The molecule has 2 aliphatic heterocycles. The van der Waals surface area contributed by atoms with Gasteiger partial charge in [-0.15, -0.1) is 0 Å². The number of ether oxygens (including phenoxy) is 2. The van der Waals surface area contributed by atoms with Gasteiger partial charge >= 0.3 is 5.97 Å². The van der Waals surface area contributed by atoms with Crippen molar-refractivity contribution >= 4 is 23.0 Å². The molecule has 0 radical (unpaired) electrons. The van der Waals surface area contributed by atoms with E-state index in [9.17, 15) is 4.79 Å². The number of rotatable bonds is 10. The number of carbonyl (C=O) groups is 1. The number of anilines is 3. The first-order valence-corrected chi connectivity index (χ1v) is 15.2. The number of aryl methyl sites for hydroxylation is 1. The van der Waals surface area contributed by atoms with E-state index in [1.165, 1.54) is 25.7 Å². The molecule has 0 unspecified atom stereocenters. The van der Waals surface area contributed by atoms with Crippen LogP contribution in [-0.2, 0) is 10.3 Å². The van der Waals surface area contributed by atoms with Gasteiger partial charge in [0.2, 0.25) is 0 Å². The summed E-state index contributed by atoms with van der Waals surface area (Å²) in [6, 6.07) is 27.9. The van der Waals surface area contributed by atoms with Crippen LogP contribution in [-0.4, -0.2) is 12.5 Å². The fourth-order valence-corrected chi connectivity index (χ4v) is 6.44. The molecule has 2 heterocycles. The van der Waals surface area contributed by atoms with Gasteiger partial charge in [0.05, 0.1) is 11.3 Å². The van der Waals surface area contributed by atoms with Crippen molar-refractivity contribution in [3.63, 3.8) is 0 Å². The maximum atomic E-state index is 14.1. The van der Waals surface area contributed by atoms with Crippen LogP contribution in [0.1, 0.15) is 85.5 Å². The Morgan fingerprint density at radius 2 is 1.48 bits per heavy atom. The van der Waals surface area contributed by atoms with Crippen LogP contribution in [0.4, 0.5) is 17.1 Å². The molecule has 4 aromatic rings. The van der Waals surface area contributed by atoms with E-state index >= 15 is 0 Å². The van der Waals surface area contributed by atoms with Crippen molar-refractivity contribution < 1.29 is 14.3 Å².